The molecule has 3 N–H and O–H groups in total. The van der Waals surface area contributed by atoms with Gasteiger partial charge >= 0.3 is 17.9 Å². The highest BCUT2D eigenvalue weighted by atomic mass is 32.1. The molecule has 30 heavy (non-hydrogen) atoms. The van der Waals surface area contributed by atoms with Crippen molar-refractivity contribution in [1.82, 2.24) is 0 Å². The first kappa shape index (κ1) is 22.8. The summed E-state index contributed by atoms with van der Waals surface area (Å²) in [6.07, 6.45) is 1.32. The zero-order chi connectivity index (χ0) is 22.1. The molecule has 0 aliphatic heterocycles. The second-order valence-corrected chi connectivity index (χ2v) is 6.66. The number of carboxylic acid groups (broad SMARTS) is 3. The second kappa shape index (κ2) is 10.9. The summed E-state index contributed by atoms with van der Waals surface area (Å²) in [7, 11) is 0. The number of benzene rings is 2. The van der Waals surface area contributed by atoms with E-state index in [1.165, 1.54) is 6.08 Å². The molecule has 158 valence electrons. The minimum Gasteiger partial charge on any atom is -0.490 e. The summed E-state index contributed by atoms with van der Waals surface area (Å²) < 4.78 is 11.1. The summed E-state index contributed by atoms with van der Waals surface area (Å²) in [5, 5.41) is 26.6. The molecule has 0 unspecified atom stereocenters. The molecule has 0 atom stereocenters. The Morgan fingerprint density at radius 1 is 0.833 bits per heavy atom. The average Bonchev–Trinajstić information content (AvgIpc) is 2.71. The normalized spacial score (nSPS) is 11.2. The summed E-state index contributed by atoms with van der Waals surface area (Å²) in [4.78, 5) is 32.6. The molecule has 0 spiro atoms. The van der Waals surface area contributed by atoms with Crippen molar-refractivity contribution in [2.24, 2.45) is 5.92 Å². The number of carboxylic acids is 3. The van der Waals surface area contributed by atoms with Crippen LogP contribution in [0.4, 0.5) is 0 Å². The molecule has 0 amide bonds. The van der Waals surface area contributed by atoms with Gasteiger partial charge in [-0.1, -0.05) is 24.3 Å². The van der Waals surface area contributed by atoms with Gasteiger partial charge in [-0.2, -0.15) is 0 Å². The van der Waals surface area contributed by atoms with Gasteiger partial charge in [0.1, 0.15) is 24.7 Å². The van der Waals surface area contributed by atoms with E-state index < -0.39 is 23.8 Å². The van der Waals surface area contributed by atoms with Crippen molar-refractivity contribution in [3.63, 3.8) is 0 Å². The van der Waals surface area contributed by atoms with Gasteiger partial charge in [-0.25, -0.2) is 4.79 Å². The average molecular weight is 432 g/mol. The maximum atomic E-state index is 10.9. The lowest BCUT2D eigenvalue weighted by molar-refractivity contribution is -0.154. The molecule has 2 aromatic rings. The molecule has 2 aromatic carbocycles. The van der Waals surface area contributed by atoms with Crippen LogP contribution in [0, 0.1) is 5.92 Å². The molecule has 9 heteroatoms. The van der Waals surface area contributed by atoms with Crippen LogP contribution in [0.15, 0.2) is 53.4 Å². The van der Waals surface area contributed by atoms with Gasteiger partial charge in [-0.05, 0) is 47.9 Å². The van der Waals surface area contributed by atoms with Crippen LogP contribution >= 0.6 is 12.6 Å². The molecule has 0 heterocycles. The van der Waals surface area contributed by atoms with E-state index in [0.29, 0.717) is 22.6 Å². The van der Waals surface area contributed by atoms with Gasteiger partial charge in [0, 0.05) is 0 Å². The Bertz CT molecular complexity index is 905. The van der Waals surface area contributed by atoms with Crippen molar-refractivity contribution in [2.45, 2.75) is 6.42 Å². The van der Waals surface area contributed by atoms with E-state index in [0.717, 1.165) is 0 Å². The molecular weight excluding hydrogens is 412 g/mol. The van der Waals surface area contributed by atoms with Gasteiger partial charge in [0.2, 0.25) is 0 Å². The summed E-state index contributed by atoms with van der Waals surface area (Å²) in [6.45, 7) is 0.525. The van der Waals surface area contributed by atoms with Gasteiger partial charge in [-0.3, -0.25) is 9.59 Å². The van der Waals surface area contributed by atoms with Gasteiger partial charge in [0.15, 0.2) is 5.92 Å². The number of rotatable bonds is 11. The number of hydrogen-bond donors (Lipinski definition) is 4. The smallest absolute Gasteiger partial charge is 0.341 e. The molecule has 0 saturated carbocycles. The highest BCUT2D eigenvalue weighted by Crippen LogP contribution is 2.17. The Labute approximate surface area is 177 Å². The van der Waals surface area contributed by atoms with Gasteiger partial charge < -0.3 is 24.8 Å². The molecule has 0 bridgehead atoms. The van der Waals surface area contributed by atoms with Crippen LogP contribution in [-0.4, -0.2) is 46.4 Å². The standard InChI is InChI=1S/C21H20O8S/c22-19(23)17(20(24)25)11-13-1-5-15(6-2-13)28-9-10-29-16-7-3-14(4-8-16)12-18(30)21(26)27/h1-8,12,17,30H,9-11H2,(H,22,23)(H,24,25)(H,26,27). The first-order valence-corrected chi connectivity index (χ1v) is 9.25. The van der Waals surface area contributed by atoms with Gasteiger partial charge in [-0.15, -0.1) is 12.6 Å². The highest BCUT2D eigenvalue weighted by Gasteiger charge is 2.25. The van der Waals surface area contributed by atoms with Crippen molar-refractivity contribution in [3.8, 4) is 11.5 Å². The molecule has 0 aliphatic carbocycles. The predicted molar refractivity (Wildman–Crippen MR) is 111 cm³/mol. The van der Waals surface area contributed by atoms with Crippen LogP contribution in [0.3, 0.4) is 0 Å². The lowest BCUT2D eigenvalue weighted by Gasteiger charge is -2.10. The van der Waals surface area contributed by atoms with E-state index >= 15 is 0 Å². The minimum absolute atomic E-state index is 0.0653. The van der Waals surface area contributed by atoms with Gasteiger partial charge in [0.05, 0.1) is 4.91 Å². The molecule has 0 aromatic heterocycles. The van der Waals surface area contributed by atoms with Crippen LogP contribution in [0.2, 0.25) is 0 Å². The number of hydrogen-bond acceptors (Lipinski definition) is 6. The van der Waals surface area contributed by atoms with Crippen molar-refractivity contribution in [1.29, 1.82) is 0 Å². The summed E-state index contributed by atoms with van der Waals surface area (Å²) in [6, 6.07) is 13.3. The van der Waals surface area contributed by atoms with E-state index in [1.54, 1.807) is 48.5 Å². The van der Waals surface area contributed by atoms with E-state index in [9.17, 15) is 14.4 Å². The Kier molecular flexibility index (Phi) is 8.30. The van der Waals surface area contributed by atoms with Crippen LogP contribution in [0.1, 0.15) is 11.1 Å². The van der Waals surface area contributed by atoms with Crippen molar-refractivity contribution >= 4 is 36.6 Å². The molecule has 8 nitrogen and oxygen atoms in total. The maximum absolute atomic E-state index is 10.9. The van der Waals surface area contributed by atoms with Crippen molar-refractivity contribution in [3.05, 3.63) is 64.6 Å². The fraction of sp³-hybridized carbons (Fsp3) is 0.190. The Hall–Kier alpha value is -3.46. The topological polar surface area (TPSA) is 130 Å². The largest absolute Gasteiger partial charge is 0.490 e. The zero-order valence-corrected chi connectivity index (χ0v) is 16.6. The number of aliphatic carboxylic acids is 3. The van der Waals surface area contributed by atoms with Crippen molar-refractivity contribution in [2.75, 3.05) is 13.2 Å². The summed E-state index contributed by atoms with van der Waals surface area (Å²) in [5.74, 6) is -4.22. The first-order chi connectivity index (χ1) is 14.3. The van der Waals surface area contributed by atoms with Crippen LogP contribution in [0.25, 0.3) is 6.08 Å². The third-order valence-corrected chi connectivity index (χ3v) is 4.30. The Balaban J connectivity index is 1.79. The lowest BCUT2D eigenvalue weighted by Crippen LogP contribution is -2.25. The summed E-state index contributed by atoms with van der Waals surface area (Å²) in [5.41, 5.74) is 1.26. The Morgan fingerprint density at radius 3 is 1.73 bits per heavy atom. The third-order valence-electron chi connectivity index (χ3n) is 3.98. The third kappa shape index (κ3) is 7.17. The number of thiol groups is 1. The van der Waals surface area contributed by atoms with Crippen molar-refractivity contribution < 1.29 is 39.2 Å². The van der Waals surface area contributed by atoms with E-state index in [2.05, 4.69) is 12.6 Å². The molecular formula is C21H20O8S. The molecule has 0 saturated heterocycles. The maximum Gasteiger partial charge on any atom is 0.341 e. The fourth-order valence-electron chi connectivity index (χ4n) is 2.44. The molecule has 0 aliphatic rings. The Morgan fingerprint density at radius 2 is 1.30 bits per heavy atom. The molecule has 0 fully saturated rings. The lowest BCUT2D eigenvalue weighted by atomic mass is 10.00. The highest BCUT2D eigenvalue weighted by molar-refractivity contribution is 7.85. The predicted octanol–water partition coefficient (Wildman–Crippen LogP) is 2.83. The van der Waals surface area contributed by atoms with E-state index in [-0.39, 0.29) is 24.5 Å². The SMILES string of the molecule is O=C(O)C(S)=Cc1ccc(OCCOc2ccc(CC(C(=O)O)C(=O)O)cc2)cc1. The monoisotopic (exact) mass is 432 g/mol. The second-order valence-electron chi connectivity index (χ2n) is 6.18. The summed E-state index contributed by atoms with van der Waals surface area (Å²) >= 11 is 3.87. The fourth-order valence-corrected chi connectivity index (χ4v) is 2.59. The van der Waals surface area contributed by atoms with Crippen LogP contribution < -0.4 is 9.47 Å². The van der Waals surface area contributed by atoms with E-state index in [4.69, 9.17) is 24.8 Å². The first-order valence-electron chi connectivity index (χ1n) is 8.80. The molecule has 2 rings (SSSR count). The zero-order valence-electron chi connectivity index (χ0n) is 15.7. The van der Waals surface area contributed by atoms with Crippen LogP contribution in [0.5, 0.6) is 11.5 Å². The van der Waals surface area contributed by atoms with E-state index in [1.807, 2.05) is 0 Å². The molecule has 0 radical (unpaired) electrons. The quantitative estimate of drug-likeness (QED) is 0.185. The number of carbonyl (C=O) groups is 3. The minimum atomic E-state index is -1.49. The van der Waals surface area contributed by atoms with Crippen LogP contribution in [-0.2, 0) is 20.8 Å². The number of ether oxygens (including phenoxy) is 2. The van der Waals surface area contributed by atoms with Gasteiger partial charge in [0.25, 0.3) is 0 Å².